The zero-order valence-corrected chi connectivity index (χ0v) is 51.1. The molecule has 11 heterocycles. The molecular formula is C46H59N21O22P3-3. The molecule has 0 saturated carbocycles. The number of nitrogens with zero attached hydrogens (tertiary/aromatic N) is 15. The number of aromatic nitrogens is 14. The van der Waals surface area contributed by atoms with Crippen molar-refractivity contribution in [3.63, 3.8) is 0 Å². The largest absolute Gasteiger partial charge is 0.756 e. The first kappa shape index (κ1) is 65.2. The number of aliphatic hydroxyl groups excluding tert-OH is 2. The molecule has 4 fully saturated rings. The van der Waals surface area contributed by atoms with E-state index in [1.807, 2.05) is 6.08 Å². The van der Waals surface area contributed by atoms with Crippen LogP contribution in [0, 0.1) is 5.92 Å². The average molecular weight is 1350 g/mol. The number of hydrogen-bond donors (Lipinski definition) is 8. The van der Waals surface area contributed by atoms with Gasteiger partial charge in [0.1, 0.15) is 80.1 Å². The van der Waals surface area contributed by atoms with Gasteiger partial charge in [-0.25, -0.2) is 34.9 Å². The standard InChI is InChI=1S/C46H62N21O22P3/c1-78-34-32(24(9-68)84-43(34)65-17-57-30-39(65)59-46(50)61-41(30)71)88-91(74,75)81-10-21-7-62(6-20-4-5-22-27(20)51-13-52-35(22)47)8-23(21)87-90(72,73)83-12-26-33(44(80-3)67(86-26)19-64-16-56-29-38(64)58-45(49)60-40(29)70)89-92(76,77)82-11-25-31(69)42(79-2)66(85-25)18-63-15-55-28-36(48)53-14-54-37(28)63/h4,13-17,21,23-26,31-34,42-44,68-69H,5-12,18-19H2,1-3H3,(H,72,73)(H,74,75)(H,76,77)(H2,47,51,52)(H2,48,53,54)(H3,49,58,60,70)(H3,50,59,61,71)/p-3/t21-,23?,24-,25-,26-,31?,32?,33?,34+,42+,43-,44+/m1/s1. The number of ether oxygens (including phenoxy) is 4. The van der Waals surface area contributed by atoms with Crippen molar-refractivity contribution < 1.29 is 94.4 Å². The minimum Gasteiger partial charge on any atom is -0.756 e. The minimum atomic E-state index is -5.63. The highest BCUT2D eigenvalue weighted by Crippen LogP contribution is 2.50. The van der Waals surface area contributed by atoms with Gasteiger partial charge in [-0.3, -0.25) is 61.5 Å². The van der Waals surface area contributed by atoms with Crippen LogP contribution in [0.4, 0.5) is 23.5 Å². The van der Waals surface area contributed by atoms with Crippen LogP contribution in [0.1, 0.15) is 17.5 Å². The van der Waals surface area contributed by atoms with Crippen molar-refractivity contribution >= 4 is 86.1 Å². The molecule has 92 heavy (non-hydrogen) atoms. The number of nitrogen functional groups attached to an aromatic ring is 4. The highest BCUT2D eigenvalue weighted by atomic mass is 31.2. The van der Waals surface area contributed by atoms with E-state index in [2.05, 4.69) is 54.8 Å². The summed E-state index contributed by atoms with van der Waals surface area (Å²) in [5, 5.41) is 23.8. The lowest BCUT2D eigenvalue weighted by molar-refractivity contribution is -0.247. The van der Waals surface area contributed by atoms with E-state index in [0.29, 0.717) is 28.9 Å². The van der Waals surface area contributed by atoms with Crippen LogP contribution >= 0.6 is 23.5 Å². The Kier molecular flexibility index (Phi) is 18.5. The van der Waals surface area contributed by atoms with Crippen LogP contribution in [0.25, 0.3) is 39.1 Å². The number of allylic oxidation sites excluding steroid dienone is 1. The Bertz CT molecular complexity index is 4180. The van der Waals surface area contributed by atoms with E-state index >= 15 is 0 Å². The maximum atomic E-state index is 14.2. The molecule has 43 nitrogen and oxygen atoms in total. The van der Waals surface area contributed by atoms with Gasteiger partial charge in [0.05, 0.1) is 57.2 Å². The van der Waals surface area contributed by atoms with E-state index in [0.717, 1.165) is 12.2 Å². The summed E-state index contributed by atoms with van der Waals surface area (Å²) in [6.07, 6.45) is -7.85. The third-order valence-corrected chi connectivity index (χ3v) is 18.5. The number of likely N-dealkylation sites (tertiary alicyclic amines) is 1. The molecule has 46 heteroatoms. The number of nitrogens with two attached hydrogens (primary N) is 4. The van der Waals surface area contributed by atoms with Gasteiger partial charge in [0.2, 0.25) is 11.9 Å². The van der Waals surface area contributed by atoms with Crippen molar-refractivity contribution in [1.82, 2.24) is 83.6 Å². The lowest BCUT2D eigenvalue weighted by Crippen LogP contribution is -2.41. The number of phosphoric ester groups is 3. The van der Waals surface area contributed by atoms with Gasteiger partial charge in [-0.2, -0.15) is 9.97 Å². The SMILES string of the molecule is CO[C@H]1C(OP(=O)([O-])OC[C@H]2CN(CC3=CCc4c(N)ncnc43)CC2OP(=O)([O-])OC[C@H]2ON(Cn3cnc4c(=O)[nH]c(N)nc43)[C@@H](OC)C2OP(=O)([O-])OC[C@H]2ON(Cn3cnc4c(N)ncnc43)[C@@H](OC)C2O)[C@@H](CO)O[C@H]1n1cnc2c(=O)[nH]c(N)nc21. The van der Waals surface area contributed by atoms with E-state index in [9.17, 15) is 48.2 Å². The van der Waals surface area contributed by atoms with Gasteiger partial charge in [-0.15, -0.1) is 10.1 Å². The lowest BCUT2D eigenvalue weighted by Gasteiger charge is -2.33. The number of hydroxylamine groups is 4. The summed E-state index contributed by atoms with van der Waals surface area (Å²) in [6, 6.07) is 0. The topological polar surface area (TPSA) is 582 Å². The average Bonchev–Trinajstić information content (AvgIpc) is 1.64. The first-order valence-electron chi connectivity index (χ1n) is 27.6. The molecule has 0 bridgehead atoms. The molecule has 0 aromatic carbocycles. The van der Waals surface area contributed by atoms with Crippen LogP contribution in [0.3, 0.4) is 0 Å². The Balaban J connectivity index is 0.756. The second-order valence-corrected chi connectivity index (χ2v) is 25.4. The highest BCUT2D eigenvalue weighted by Gasteiger charge is 2.51. The number of fused-ring (bicyclic) bond motifs is 4. The normalized spacial score (nSPS) is 28.4. The van der Waals surface area contributed by atoms with Gasteiger partial charge in [0.15, 0.2) is 52.5 Å². The van der Waals surface area contributed by atoms with Crippen molar-refractivity contribution in [2.24, 2.45) is 5.92 Å². The predicted molar refractivity (Wildman–Crippen MR) is 301 cm³/mol. The first-order chi connectivity index (χ1) is 43.9. The Morgan fingerprint density at radius 2 is 1.24 bits per heavy atom. The van der Waals surface area contributed by atoms with Crippen LogP contribution < -0.4 is 48.7 Å². The number of phosphoric acid groups is 3. The first-order valence-corrected chi connectivity index (χ1v) is 32.0. The van der Waals surface area contributed by atoms with Gasteiger partial charge in [-0.1, -0.05) is 6.08 Å². The maximum Gasteiger partial charge on any atom is 0.280 e. The molecule has 7 aromatic heterocycles. The zero-order chi connectivity index (χ0) is 65.1. The van der Waals surface area contributed by atoms with Gasteiger partial charge in [0.25, 0.3) is 34.6 Å². The third-order valence-electron chi connectivity index (χ3n) is 15.6. The second kappa shape index (κ2) is 26.2. The monoisotopic (exact) mass is 1350 g/mol. The number of hydrogen-bond acceptors (Lipinski definition) is 38. The fourth-order valence-electron chi connectivity index (χ4n) is 11.4. The molecule has 12 rings (SSSR count). The molecule has 12 N–H and O–H groups in total. The van der Waals surface area contributed by atoms with Crippen molar-refractivity contribution in [3.8, 4) is 0 Å². The summed E-state index contributed by atoms with van der Waals surface area (Å²) in [5.74, 6) is -1.31. The smallest absolute Gasteiger partial charge is 0.280 e. The molecule has 15 atom stereocenters. The number of H-pyrrole nitrogens is 2. The number of rotatable bonds is 26. The second-order valence-electron chi connectivity index (χ2n) is 21.3. The summed E-state index contributed by atoms with van der Waals surface area (Å²) in [5.41, 5.74) is 24.4. The van der Waals surface area contributed by atoms with Crippen LogP contribution in [-0.2, 0) is 89.2 Å². The fourth-order valence-corrected chi connectivity index (χ4v) is 14.3. The number of methoxy groups -OCH3 is 3. The van der Waals surface area contributed by atoms with Gasteiger partial charge in [-0.05, 0) is 12.0 Å². The molecule has 7 unspecified atom stereocenters. The summed E-state index contributed by atoms with van der Waals surface area (Å²) in [4.78, 5) is 123. The van der Waals surface area contributed by atoms with E-state index in [1.54, 1.807) is 4.90 Å². The lowest BCUT2D eigenvalue weighted by atomic mass is 10.1. The molecule has 5 aliphatic rings. The van der Waals surface area contributed by atoms with Crippen LogP contribution in [-0.4, -0.2) is 222 Å². The quantitative estimate of drug-likeness (QED) is 0.0235. The molecule has 7 aromatic rings. The Morgan fingerprint density at radius 1 is 0.652 bits per heavy atom. The number of aromatic amines is 2. The van der Waals surface area contributed by atoms with Crippen LogP contribution in [0.5, 0.6) is 0 Å². The van der Waals surface area contributed by atoms with E-state index < -0.39 is 141 Å². The fraction of sp³-hybridized carbons (Fsp3) is 0.543. The molecule has 0 radical (unpaired) electrons. The summed E-state index contributed by atoms with van der Waals surface area (Å²) >= 11 is 0. The Hall–Kier alpha value is -6.84. The van der Waals surface area contributed by atoms with Crippen LogP contribution in [0.15, 0.2) is 47.3 Å². The van der Waals surface area contributed by atoms with Gasteiger partial charge >= 0.3 is 0 Å². The van der Waals surface area contributed by atoms with Crippen molar-refractivity contribution in [2.75, 3.05) is 90.3 Å². The molecule has 498 valence electrons. The van der Waals surface area contributed by atoms with Crippen molar-refractivity contribution in [1.29, 1.82) is 0 Å². The minimum absolute atomic E-state index is 0.0536. The number of imidazole rings is 3. The summed E-state index contributed by atoms with van der Waals surface area (Å²) in [7, 11) is -13.1. The third kappa shape index (κ3) is 13.2. The van der Waals surface area contributed by atoms with Crippen LogP contribution in [0.2, 0.25) is 0 Å². The molecular weight excluding hydrogens is 1290 g/mol. The van der Waals surface area contributed by atoms with Crippen molar-refractivity contribution in [3.05, 3.63) is 69.7 Å². The molecule has 0 spiro atoms. The highest BCUT2D eigenvalue weighted by molar-refractivity contribution is 7.46. The molecule has 4 aliphatic heterocycles. The van der Waals surface area contributed by atoms with E-state index in [1.165, 1.54) is 64.6 Å². The Morgan fingerprint density at radius 3 is 1.93 bits per heavy atom. The maximum absolute atomic E-state index is 14.2. The van der Waals surface area contributed by atoms with E-state index in [-0.39, 0.29) is 77.7 Å². The number of nitrogens with one attached hydrogen (secondary N) is 2. The number of aliphatic hydroxyl groups is 2. The van der Waals surface area contributed by atoms with Crippen molar-refractivity contribution in [2.45, 2.75) is 87.3 Å². The predicted octanol–water partition coefficient (Wildman–Crippen LogP) is -5.25. The zero-order valence-electron chi connectivity index (χ0n) is 48.4. The summed E-state index contributed by atoms with van der Waals surface area (Å²) < 4.78 is 102. The Labute approximate surface area is 515 Å². The molecule has 1 aliphatic carbocycles. The van der Waals surface area contributed by atoms with Gasteiger partial charge in [0, 0.05) is 52.4 Å². The van der Waals surface area contributed by atoms with Gasteiger partial charge < -0.3 is 93.9 Å². The number of anilines is 4. The summed E-state index contributed by atoms with van der Waals surface area (Å²) in [6.45, 7) is -4.29. The van der Waals surface area contributed by atoms with E-state index in [4.69, 9.17) is 78.7 Å². The molecule has 0 amide bonds. The molecule has 4 saturated heterocycles.